The second-order valence-corrected chi connectivity index (χ2v) is 3.56. The predicted octanol–water partition coefficient (Wildman–Crippen LogP) is 3.42. The Morgan fingerprint density at radius 3 is 2.38 bits per heavy atom. The average Bonchev–Trinajstić information content (AvgIpc) is 2.15. The molecule has 1 nitrogen and oxygen atoms in total. The van der Waals surface area contributed by atoms with E-state index < -0.39 is 23.6 Å². The molecular formula is C11H11F4N. The molecule has 1 atom stereocenters. The Hall–Kier alpha value is -1.36. The number of hydrogen-bond acceptors (Lipinski definition) is 1. The molecule has 0 saturated carbocycles. The largest absolute Gasteiger partial charge is 0.419 e. The molecule has 88 valence electrons. The van der Waals surface area contributed by atoms with Crippen LogP contribution in [0.5, 0.6) is 0 Å². The van der Waals surface area contributed by atoms with Gasteiger partial charge in [0.2, 0.25) is 0 Å². The normalized spacial score (nSPS) is 13.6. The van der Waals surface area contributed by atoms with Gasteiger partial charge in [0.15, 0.2) is 0 Å². The predicted molar refractivity (Wildman–Crippen MR) is 53.1 cm³/mol. The van der Waals surface area contributed by atoms with Gasteiger partial charge in [0.25, 0.3) is 0 Å². The van der Waals surface area contributed by atoms with Gasteiger partial charge in [-0.1, -0.05) is 18.2 Å². The number of nitrogens with two attached hydrogens (primary N) is 1. The van der Waals surface area contributed by atoms with E-state index in [1.165, 1.54) is 6.07 Å². The van der Waals surface area contributed by atoms with Crippen molar-refractivity contribution >= 4 is 0 Å². The molecule has 1 unspecified atom stereocenters. The summed E-state index contributed by atoms with van der Waals surface area (Å²) in [6, 6.07) is 1.99. The molecule has 0 fully saturated rings. The van der Waals surface area contributed by atoms with Crippen LogP contribution in [0.25, 0.3) is 0 Å². The summed E-state index contributed by atoms with van der Waals surface area (Å²) in [5.41, 5.74) is 5.02. The van der Waals surface area contributed by atoms with Gasteiger partial charge in [-0.2, -0.15) is 13.2 Å². The fraction of sp³-hybridized carbons (Fsp3) is 0.273. The third-order valence-electron chi connectivity index (χ3n) is 2.19. The molecule has 0 bridgehead atoms. The molecule has 2 N–H and O–H groups in total. The number of benzene rings is 1. The van der Waals surface area contributed by atoms with Crippen molar-refractivity contribution in [2.75, 3.05) is 0 Å². The van der Waals surface area contributed by atoms with Crippen LogP contribution < -0.4 is 5.73 Å². The zero-order chi connectivity index (χ0) is 12.5. The van der Waals surface area contributed by atoms with Crippen LogP contribution in [-0.4, -0.2) is 0 Å². The van der Waals surface area contributed by atoms with Gasteiger partial charge < -0.3 is 5.73 Å². The third-order valence-corrected chi connectivity index (χ3v) is 2.19. The minimum absolute atomic E-state index is 0.196. The highest BCUT2D eigenvalue weighted by Crippen LogP contribution is 2.33. The van der Waals surface area contributed by atoms with E-state index >= 15 is 0 Å². The Kier molecular flexibility index (Phi) is 3.38. The van der Waals surface area contributed by atoms with Crippen LogP contribution in [-0.2, 0) is 6.18 Å². The first-order valence-electron chi connectivity index (χ1n) is 4.51. The molecule has 1 aromatic carbocycles. The van der Waals surface area contributed by atoms with E-state index in [1.807, 2.05) is 0 Å². The Morgan fingerprint density at radius 2 is 1.94 bits per heavy atom. The summed E-state index contributed by atoms with van der Waals surface area (Å²) in [7, 11) is 0. The number of rotatable bonds is 2. The molecule has 5 heteroatoms. The summed E-state index contributed by atoms with van der Waals surface area (Å²) in [6.07, 6.45) is -4.71. The maximum atomic E-state index is 12.9. The average molecular weight is 233 g/mol. The lowest BCUT2D eigenvalue weighted by Gasteiger charge is -2.15. The minimum atomic E-state index is -4.71. The van der Waals surface area contributed by atoms with Crippen molar-refractivity contribution in [2.24, 2.45) is 5.73 Å². The van der Waals surface area contributed by atoms with Crippen LogP contribution in [0.1, 0.15) is 24.1 Å². The molecule has 0 aliphatic carbocycles. The highest BCUT2D eigenvalue weighted by molar-refractivity contribution is 5.32. The van der Waals surface area contributed by atoms with Gasteiger partial charge >= 0.3 is 6.18 Å². The van der Waals surface area contributed by atoms with Gasteiger partial charge in [0.1, 0.15) is 5.82 Å². The minimum Gasteiger partial charge on any atom is -0.321 e. The summed E-state index contributed by atoms with van der Waals surface area (Å²) in [4.78, 5) is 0. The quantitative estimate of drug-likeness (QED) is 0.614. The molecular weight excluding hydrogens is 222 g/mol. The molecule has 0 saturated heterocycles. The highest BCUT2D eigenvalue weighted by atomic mass is 19.4. The van der Waals surface area contributed by atoms with Crippen molar-refractivity contribution in [3.05, 3.63) is 47.3 Å². The molecule has 0 aliphatic rings. The first-order chi connectivity index (χ1) is 7.23. The van der Waals surface area contributed by atoms with Crippen molar-refractivity contribution in [1.29, 1.82) is 0 Å². The number of hydrogen-bond donors (Lipinski definition) is 1. The maximum absolute atomic E-state index is 12.9. The van der Waals surface area contributed by atoms with E-state index in [4.69, 9.17) is 5.73 Å². The summed E-state index contributed by atoms with van der Waals surface area (Å²) >= 11 is 0. The van der Waals surface area contributed by atoms with E-state index in [9.17, 15) is 17.6 Å². The van der Waals surface area contributed by atoms with Gasteiger partial charge in [-0.3, -0.25) is 0 Å². The zero-order valence-electron chi connectivity index (χ0n) is 8.61. The van der Waals surface area contributed by atoms with E-state index in [0.29, 0.717) is 11.6 Å². The Balaban J connectivity index is 3.23. The lowest BCUT2D eigenvalue weighted by atomic mass is 9.99. The van der Waals surface area contributed by atoms with Gasteiger partial charge in [-0.05, 0) is 24.6 Å². The van der Waals surface area contributed by atoms with Gasteiger partial charge in [-0.15, -0.1) is 0 Å². The van der Waals surface area contributed by atoms with Crippen LogP contribution in [0.15, 0.2) is 30.4 Å². The third kappa shape index (κ3) is 2.61. The van der Waals surface area contributed by atoms with Crippen molar-refractivity contribution in [2.45, 2.75) is 19.1 Å². The van der Waals surface area contributed by atoms with E-state index in [-0.39, 0.29) is 5.56 Å². The van der Waals surface area contributed by atoms with Crippen LogP contribution in [0, 0.1) is 5.82 Å². The fourth-order valence-corrected chi connectivity index (χ4v) is 1.24. The van der Waals surface area contributed by atoms with E-state index in [1.54, 1.807) is 6.92 Å². The maximum Gasteiger partial charge on any atom is 0.419 e. The van der Waals surface area contributed by atoms with Crippen LogP contribution in [0.3, 0.4) is 0 Å². The summed E-state index contributed by atoms with van der Waals surface area (Å²) in [6.45, 7) is 5.14. The molecule has 16 heavy (non-hydrogen) atoms. The second kappa shape index (κ2) is 4.25. The molecule has 0 aliphatic heterocycles. The second-order valence-electron chi connectivity index (χ2n) is 3.56. The fourth-order valence-electron chi connectivity index (χ4n) is 1.24. The smallest absolute Gasteiger partial charge is 0.321 e. The highest BCUT2D eigenvalue weighted by Gasteiger charge is 2.34. The van der Waals surface area contributed by atoms with Crippen molar-refractivity contribution in [1.82, 2.24) is 0 Å². The SMILES string of the molecule is C=C(C)C(N)c1ccc(F)c(C(F)(F)F)c1. The summed E-state index contributed by atoms with van der Waals surface area (Å²) in [5, 5.41) is 0. The lowest BCUT2D eigenvalue weighted by molar-refractivity contribution is -0.140. The summed E-state index contributed by atoms with van der Waals surface area (Å²) in [5.74, 6) is -1.30. The monoisotopic (exact) mass is 233 g/mol. The molecule has 1 rings (SSSR count). The van der Waals surface area contributed by atoms with Gasteiger partial charge in [-0.25, -0.2) is 4.39 Å². The Labute approximate surface area is 90.6 Å². The molecule has 0 spiro atoms. The van der Waals surface area contributed by atoms with E-state index in [2.05, 4.69) is 6.58 Å². The van der Waals surface area contributed by atoms with E-state index in [0.717, 1.165) is 6.07 Å². The summed E-state index contributed by atoms with van der Waals surface area (Å²) < 4.78 is 50.1. The molecule has 0 heterocycles. The van der Waals surface area contributed by atoms with Crippen molar-refractivity contribution in [3.8, 4) is 0 Å². The first kappa shape index (κ1) is 12.7. The molecule has 0 radical (unpaired) electrons. The molecule has 0 amide bonds. The molecule has 0 aromatic heterocycles. The zero-order valence-corrected chi connectivity index (χ0v) is 8.61. The Morgan fingerprint density at radius 1 is 1.38 bits per heavy atom. The van der Waals surface area contributed by atoms with Crippen LogP contribution in [0.2, 0.25) is 0 Å². The topological polar surface area (TPSA) is 26.0 Å². The number of halogens is 4. The molecule has 1 aromatic rings. The van der Waals surface area contributed by atoms with Crippen LogP contribution >= 0.6 is 0 Å². The van der Waals surface area contributed by atoms with Crippen molar-refractivity contribution < 1.29 is 17.6 Å². The van der Waals surface area contributed by atoms with Gasteiger partial charge in [0, 0.05) is 0 Å². The lowest BCUT2D eigenvalue weighted by Crippen LogP contribution is -2.14. The Bertz CT molecular complexity index is 409. The van der Waals surface area contributed by atoms with Crippen molar-refractivity contribution in [3.63, 3.8) is 0 Å². The standard InChI is InChI=1S/C11H11F4N/c1-6(2)10(16)7-3-4-9(12)8(5-7)11(13,14)15/h3-5,10H,1,16H2,2H3. The first-order valence-corrected chi connectivity index (χ1v) is 4.51. The van der Waals surface area contributed by atoms with Gasteiger partial charge in [0.05, 0.1) is 11.6 Å². The number of alkyl halides is 3. The van der Waals surface area contributed by atoms with Crippen LogP contribution in [0.4, 0.5) is 17.6 Å².